The number of ether oxygens (including phenoxy) is 2. The van der Waals surface area contributed by atoms with Gasteiger partial charge in [-0.25, -0.2) is 4.68 Å². The van der Waals surface area contributed by atoms with Crippen molar-refractivity contribution in [2.24, 2.45) is 0 Å². The van der Waals surface area contributed by atoms with Gasteiger partial charge >= 0.3 is 0 Å². The Balaban J connectivity index is 1.30. The summed E-state index contributed by atoms with van der Waals surface area (Å²) in [6.07, 6.45) is 0. The monoisotopic (exact) mass is 447 g/mol. The quantitative estimate of drug-likeness (QED) is 0.452. The first-order valence-corrected chi connectivity index (χ1v) is 11.1. The molecule has 0 atom stereocenters. The van der Waals surface area contributed by atoms with Crippen molar-refractivity contribution in [3.05, 3.63) is 65.5 Å². The van der Waals surface area contributed by atoms with Crippen molar-refractivity contribution >= 4 is 28.6 Å². The normalized spacial score (nSPS) is 12.3. The summed E-state index contributed by atoms with van der Waals surface area (Å²) in [5.41, 5.74) is 4.48. The van der Waals surface area contributed by atoms with Crippen molar-refractivity contribution in [1.82, 2.24) is 25.3 Å². The molecule has 32 heavy (non-hydrogen) atoms. The number of nitrogens with zero attached hydrogens (tertiary/aromatic N) is 4. The number of thioether (sulfide) groups is 1. The second-order valence-corrected chi connectivity index (χ2v) is 8.36. The van der Waals surface area contributed by atoms with E-state index in [1.165, 1.54) is 11.8 Å². The first kappa shape index (κ1) is 20.3. The van der Waals surface area contributed by atoms with Crippen LogP contribution in [-0.4, -0.2) is 38.4 Å². The van der Waals surface area contributed by atoms with Gasteiger partial charge in [-0.3, -0.25) is 4.79 Å². The van der Waals surface area contributed by atoms with Crippen molar-refractivity contribution in [2.45, 2.75) is 25.4 Å². The Morgan fingerprint density at radius 3 is 2.75 bits per heavy atom. The Kier molecular flexibility index (Phi) is 5.40. The van der Waals surface area contributed by atoms with Gasteiger partial charge in [0.15, 0.2) is 11.5 Å². The summed E-state index contributed by atoms with van der Waals surface area (Å²) >= 11 is 1.33. The molecule has 0 radical (unpaired) electrons. The predicted octanol–water partition coefficient (Wildman–Crippen LogP) is 3.57. The van der Waals surface area contributed by atoms with Gasteiger partial charge in [0.2, 0.25) is 12.7 Å². The lowest BCUT2D eigenvalue weighted by Gasteiger charge is -2.06. The fraction of sp³-hybridized carbons (Fsp3) is 0.217. The molecule has 0 unspecified atom stereocenters. The minimum atomic E-state index is -0.0950. The number of hydrogen-bond donors (Lipinski definition) is 1. The van der Waals surface area contributed by atoms with Crippen LogP contribution in [0.4, 0.5) is 0 Å². The van der Waals surface area contributed by atoms with E-state index in [1.807, 2.05) is 67.1 Å². The topological polar surface area (TPSA) is 91.2 Å². The SMILES string of the molecule is Cc1nnc(SCC(=O)NCc2ccc3c(c2)OCO3)c2nn(-c3ccccc3)c(C)c12. The highest BCUT2D eigenvalue weighted by Gasteiger charge is 2.18. The van der Waals surface area contributed by atoms with Gasteiger partial charge in [-0.15, -0.1) is 5.10 Å². The molecule has 0 spiro atoms. The molecule has 0 fully saturated rings. The van der Waals surface area contributed by atoms with Gasteiger partial charge in [0.25, 0.3) is 0 Å². The van der Waals surface area contributed by atoms with Crippen molar-refractivity contribution in [1.29, 1.82) is 0 Å². The molecule has 9 heteroatoms. The van der Waals surface area contributed by atoms with Crippen LogP contribution in [0.1, 0.15) is 17.0 Å². The number of hydrogen-bond acceptors (Lipinski definition) is 7. The second-order valence-electron chi connectivity index (χ2n) is 7.40. The highest BCUT2D eigenvalue weighted by Crippen LogP contribution is 2.32. The number of rotatable bonds is 6. The van der Waals surface area contributed by atoms with Crippen molar-refractivity contribution in [3.63, 3.8) is 0 Å². The lowest BCUT2D eigenvalue weighted by molar-refractivity contribution is -0.118. The first-order chi connectivity index (χ1) is 15.6. The van der Waals surface area contributed by atoms with Gasteiger partial charge in [0.05, 0.1) is 22.8 Å². The summed E-state index contributed by atoms with van der Waals surface area (Å²) in [7, 11) is 0. The van der Waals surface area contributed by atoms with Gasteiger partial charge in [0.1, 0.15) is 10.5 Å². The summed E-state index contributed by atoms with van der Waals surface area (Å²) in [4.78, 5) is 12.5. The summed E-state index contributed by atoms with van der Waals surface area (Å²) in [6, 6.07) is 15.6. The van der Waals surface area contributed by atoms with Crippen LogP contribution in [0, 0.1) is 13.8 Å². The van der Waals surface area contributed by atoms with E-state index in [0.29, 0.717) is 17.3 Å². The van der Waals surface area contributed by atoms with Crippen LogP contribution in [0.25, 0.3) is 16.6 Å². The number of fused-ring (bicyclic) bond motifs is 2. The number of aryl methyl sites for hydroxylation is 2. The first-order valence-electron chi connectivity index (χ1n) is 10.2. The van der Waals surface area contributed by atoms with Crippen LogP contribution >= 0.6 is 11.8 Å². The number of aromatic nitrogens is 4. The van der Waals surface area contributed by atoms with Crippen LogP contribution in [0.15, 0.2) is 53.6 Å². The van der Waals surface area contributed by atoms with Gasteiger partial charge in [-0.1, -0.05) is 36.0 Å². The smallest absolute Gasteiger partial charge is 0.231 e. The molecule has 162 valence electrons. The Bertz CT molecular complexity index is 1310. The average molecular weight is 448 g/mol. The van der Waals surface area contributed by atoms with Crippen LogP contribution in [0.2, 0.25) is 0 Å². The number of para-hydroxylation sites is 1. The fourth-order valence-corrected chi connectivity index (χ4v) is 4.41. The highest BCUT2D eigenvalue weighted by atomic mass is 32.2. The summed E-state index contributed by atoms with van der Waals surface area (Å²) in [6.45, 7) is 4.58. The third-order valence-corrected chi connectivity index (χ3v) is 6.19. The van der Waals surface area contributed by atoms with E-state index < -0.39 is 0 Å². The lowest BCUT2D eigenvalue weighted by atomic mass is 10.2. The molecule has 3 heterocycles. The Labute approximate surface area is 188 Å². The minimum Gasteiger partial charge on any atom is -0.454 e. The molecule has 1 amide bonds. The molecule has 8 nitrogen and oxygen atoms in total. The number of amides is 1. The van der Waals surface area contributed by atoms with Gasteiger partial charge in [-0.05, 0) is 43.7 Å². The van der Waals surface area contributed by atoms with E-state index >= 15 is 0 Å². The Hall–Kier alpha value is -3.59. The summed E-state index contributed by atoms with van der Waals surface area (Å²) in [5, 5.41) is 17.9. The van der Waals surface area contributed by atoms with E-state index in [-0.39, 0.29) is 18.5 Å². The zero-order valence-corrected chi connectivity index (χ0v) is 18.5. The largest absolute Gasteiger partial charge is 0.454 e. The van der Waals surface area contributed by atoms with Crippen LogP contribution < -0.4 is 14.8 Å². The minimum absolute atomic E-state index is 0.0950. The third kappa shape index (κ3) is 3.87. The molecule has 0 aliphatic carbocycles. The van der Waals surface area contributed by atoms with E-state index in [4.69, 9.17) is 14.6 Å². The molecule has 2 aromatic heterocycles. The van der Waals surface area contributed by atoms with Gasteiger partial charge < -0.3 is 14.8 Å². The van der Waals surface area contributed by atoms with Crippen LogP contribution in [-0.2, 0) is 11.3 Å². The number of carbonyl (C=O) groups is 1. The molecular formula is C23H21N5O3S. The maximum Gasteiger partial charge on any atom is 0.231 e. The molecule has 1 aliphatic rings. The van der Waals surface area contributed by atoms with Gasteiger partial charge in [0, 0.05) is 11.9 Å². The van der Waals surface area contributed by atoms with Crippen LogP contribution in [0.5, 0.6) is 11.5 Å². The van der Waals surface area contributed by atoms with Crippen LogP contribution in [0.3, 0.4) is 0 Å². The molecule has 5 rings (SSSR count). The third-order valence-electron chi connectivity index (χ3n) is 5.24. The van der Waals surface area contributed by atoms with E-state index in [0.717, 1.165) is 39.3 Å². The van der Waals surface area contributed by atoms with Crippen molar-refractivity contribution in [2.75, 3.05) is 12.5 Å². The number of carbonyl (C=O) groups excluding carboxylic acids is 1. The zero-order chi connectivity index (χ0) is 22.1. The average Bonchev–Trinajstić information content (AvgIpc) is 3.42. The maximum absolute atomic E-state index is 12.5. The Morgan fingerprint density at radius 1 is 1.09 bits per heavy atom. The molecule has 4 aromatic rings. The molecular weight excluding hydrogens is 426 g/mol. The molecule has 0 saturated carbocycles. The van der Waals surface area contributed by atoms with E-state index in [1.54, 1.807) is 0 Å². The second kappa shape index (κ2) is 8.51. The number of nitrogens with one attached hydrogen (secondary N) is 1. The summed E-state index contributed by atoms with van der Waals surface area (Å²) < 4.78 is 12.6. The molecule has 1 N–H and O–H groups in total. The predicted molar refractivity (Wildman–Crippen MR) is 121 cm³/mol. The van der Waals surface area contributed by atoms with E-state index in [2.05, 4.69) is 15.5 Å². The van der Waals surface area contributed by atoms with Crippen molar-refractivity contribution < 1.29 is 14.3 Å². The Morgan fingerprint density at radius 2 is 1.91 bits per heavy atom. The fourth-order valence-electron chi connectivity index (χ4n) is 3.66. The maximum atomic E-state index is 12.5. The lowest BCUT2D eigenvalue weighted by Crippen LogP contribution is -2.24. The van der Waals surface area contributed by atoms with Crippen molar-refractivity contribution in [3.8, 4) is 17.2 Å². The molecule has 1 aliphatic heterocycles. The zero-order valence-electron chi connectivity index (χ0n) is 17.7. The molecule has 0 bridgehead atoms. The molecule has 0 saturated heterocycles. The standard InChI is InChI=1S/C23H21N5O3S/c1-14-21-15(2)28(17-6-4-3-5-7-17)27-22(21)23(26-25-14)32-12-20(29)24-11-16-8-9-18-19(10-16)31-13-30-18/h3-10H,11-13H2,1-2H3,(H,24,29). The van der Waals surface area contributed by atoms with Gasteiger partial charge in [-0.2, -0.15) is 10.2 Å². The number of benzene rings is 2. The van der Waals surface area contributed by atoms with E-state index in [9.17, 15) is 4.79 Å². The molecule has 2 aromatic carbocycles. The highest BCUT2D eigenvalue weighted by molar-refractivity contribution is 8.00. The summed E-state index contributed by atoms with van der Waals surface area (Å²) in [5.74, 6) is 1.55.